The maximum absolute atomic E-state index is 12.4. The molecule has 60 heavy (non-hydrogen) atoms. The molecule has 0 fully saturated rings. The lowest BCUT2D eigenvalue weighted by atomic mass is 10.0. The Morgan fingerprint density at radius 1 is 0.400 bits per heavy atom. The highest BCUT2D eigenvalue weighted by atomic mass is 16.3. The molecule has 348 valence electrons. The van der Waals surface area contributed by atoms with Crippen LogP contribution in [0.5, 0.6) is 0 Å². The van der Waals surface area contributed by atoms with E-state index in [2.05, 4.69) is 79.9 Å². The third-order valence-electron chi connectivity index (χ3n) is 11.6. The van der Waals surface area contributed by atoms with E-state index in [0.717, 1.165) is 64.2 Å². The van der Waals surface area contributed by atoms with Crippen LogP contribution < -0.4 is 5.32 Å². The Morgan fingerprint density at radius 2 is 0.700 bits per heavy atom. The fourth-order valence-electron chi connectivity index (χ4n) is 7.63. The van der Waals surface area contributed by atoms with E-state index in [1.807, 2.05) is 6.08 Å². The van der Waals surface area contributed by atoms with E-state index in [1.54, 1.807) is 6.08 Å². The van der Waals surface area contributed by atoms with Crippen molar-refractivity contribution in [1.82, 2.24) is 5.32 Å². The fraction of sp³-hybridized carbons (Fsp3) is 0.768. The summed E-state index contributed by atoms with van der Waals surface area (Å²) < 4.78 is 0. The molecule has 2 unspecified atom stereocenters. The maximum atomic E-state index is 12.4. The van der Waals surface area contributed by atoms with Gasteiger partial charge in [0.05, 0.1) is 18.8 Å². The fourth-order valence-corrected chi connectivity index (χ4v) is 7.63. The molecule has 0 aromatic rings. The molecule has 0 heterocycles. The van der Waals surface area contributed by atoms with Crippen molar-refractivity contribution < 1.29 is 15.0 Å². The number of allylic oxidation sites excluding steroid dienone is 11. The van der Waals surface area contributed by atoms with E-state index in [4.69, 9.17) is 0 Å². The summed E-state index contributed by atoms with van der Waals surface area (Å²) in [5, 5.41) is 23.1. The van der Waals surface area contributed by atoms with Gasteiger partial charge in [0.15, 0.2) is 0 Å². The summed E-state index contributed by atoms with van der Waals surface area (Å²) >= 11 is 0. The number of nitrogens with one attached hydrogen (secondary N) is 1. The summed E-state index contributed by atoms with van der Waals surface area (Å²) in [7, 11) is 0. The quantitative estimate of drug-likeness (QED) is 0.0422. The highest BCUT2D eigenvalue weighted by Crippen LogP contribution is 2.15. The summed E-state index contributed by atoms with van der Waals surface area (Å²) in [6.07, 6.45) is 73.3. The molecular weight excluding hydrogens is 735 g/mol. The van der Waals surface area contributed by atoms with Crippen LogP contribution in [0.1, 0.15) is 258 Å². The van der Waals surface area contributed by atoms with Gasteiger partial charge in [-0.25, -0.2) is 0 Å². The number of aliphatic hydroxyl groups excluding tert-OH is 2. The van der Waals surface area contributed by atoms with Crippen LogP contribution >= 0.6 is 0 Å². The van der Waals surface area contributed by atoms with Gasteiger partial charge in [-0.05, 0) is 83.5 Å². The van der Waals surface area contributed by atoms with Crippen LogP contribution in [0, 0.1) is 0 Å². The molecule has 0 saturated carbocycles. The molecular formula is C56H101NO3. The molecule has 0 rings (SSSR count). The van der Waals surface area contributed by atoms with Gasteiger partial charge in [0.25, 0.3) is 0 Å². The lowest BCUT2D eigenvalue weighted by Gasteiger charge is -2.19. The number of amides is 1. The number of aliphatic hydroxyl groups is 2. The van der Waals surface area contributed by atoms with Crippen molar-refractivity contribution in [3.63, 3.8) is 0 Å². The van der Waals surface area contributed by atoms with Crippen molar-refractivity contribution in [2.45, 2.75) is 270 Å². The van der Waals surface area contributed by atoms with Gasteiger partial charge >= 0.3 is 0 Å². The molecule has 0 aliphatic carbocycles. The Hall–Kier alpha value is -2.17. The summed E-state index contributed by atoms with van der Waals surface area (Å²) in [5.74, 6) is -0.0914. The highest BCUT2D eigenvalue weighted by Gasteiger charge is 2.17. The third kappa shape index (κ3) is 46.9. The summed E-state index contributed by atoms with van der Waals surface area (Å²) in [6.45, 7) is 4.27. The molecule has 4 nitrogen and oxygen atoms in total. The number of carbonyl (C=O) groups is 1. The van der Waals surface area contributed by atoms with Crippen LogP contribution in [-0.4, -0.2) is 34.9 Å². The predicted molar refractivity (Wildman–Crippen MR) is 267 cm³/mol. The Labute approximate surface area is 374 Å². The van der Waals surface area contributed by atoms with Gasteiger partial charge in [-0.2, -0.15) is 0 Å². The number of hydrogen-bond acceptors (Lipinski definition) is 3. The number of hydrogen-bond donors (Lipinski definition) is 3. The molecule has 0 bridgehead atoms. The summed E-state index contributed by atoms with van der Waals surface area (Å²) in [5.41, 5.74) is 0. The first-order valence-electron chi connectivity index (χ1n) is 26.2. The molecule has 0 aliphatic rings. The van der Waals surface area contributed by atoms with E-state index in [-0.39, 0.29) is 12.5 Å². The molecule has 0 aromatic carbocycles. The molecule has 4 heteroatoms. The van der Waals surface area contributed by atoms with E-state index in [1.165, 1.54) is 173 Å². The molecule has 0 spiro atoms. The Morgan fingerprint density at radius 3 is 1.12 bits per heavy atom. The minimum atomic E-state index is -0.880. The second kappa shape index (κ2) is 51.2. The van der Waals surface area contributed by atoms with Crippen LogP contribution in [0.3, 0.4) is 0 Å². The van der Waals surface area contributed by atoms with Crippen LogP contribution in [0.4, 0.5) is 0 Å². The molecule has 0 saturated heterocycles. The standard InChI is InChI=1S/C56H101NO3/c1-3-5-7-9-11-13-15-17-19-21-23-24-25-26-27-28-29-30-31-32-34-35-37-39-41-43-45-47-49-51-55(59)54(53-58)57-56(60)52-50-48-46-44-42-40-38-36-33-22-20-18-16-14-12-10-8-6-4-2/h12,14,18,20,33-36,41,43,49,51,54-55,58-59H,3-11,13,15-17,19,21-32,37-40,42,44-48,50,52-53H2,1-2H3,(H,57,60)/b14-12-,20-18-,35-34+,36-33-,43-41+,51-49+. The second-order valence-corrected chi connectivity index (χ2v) is 17.6. The smallest absolute Gasteiger partial charge is 0.220 e. The Bertz CT molecular complexity index is 1040. The van der Waals surface area contributed by atoms with Gasteiger partial charge in [-0.3, -0.25) is 4.79 Å². The molecule has 1 amide bonds. The van der Waals surface area contributed by atoms with Crippen molar-refractivity contribution in [3.05, 3.63) is 72.9 Å². The summed E-state index contributed by atoms with van der Waals surface area (Å²) in [4.78, 5) is 12.4. The van der Waals surface area contributed by atoms with Crippen molar-refractivity contribution in [2.24, 2.45) is 0 Å². The third-order valence-corrected chi connectivity index (χ3v) is 11.6. The van der Waals surface area contributed by atoms with Crippen molar-refractivity contribution in [1.29, 1.82) is 0 Å². The first kappa shape index (κ1) is 57.8. The number of unbranched alkanes of at least 4 members (excludes halogenated alkanes) is 30. The van der Waals surface area contributed by atoms with Gasteiger partial charge in [-0.15, -0.1) is 0 Å². The van der Waals surface area contributed by atoms with Gasteiger partial charge < -0.3 is 15.5 Å². The average molecular weight is 836 g/mol. The van der Waals surface area contributed by atoms with E-state index in [9.17, 15) is 15.0 Å². The molecule has 0 aromatic heterocycles. The van der Waals surface area contributed by atoms with Gasteiger partial charge in [0.2, 0.25) is 5.91 Å². The minimum Gasteiger partial charge on any atom is -0.394 e. The lowest BCUT2D eigenvalue weighted by molar-refractivity contribution is -0.123. The van der Waals surface area contributed by atoms with Crippen LogP contribution in [-0.2, 0) is 4.79 Å². The van der Waals surface area contributed by atoms with Crippen LogP contribution in [0.25, 0.3) is 0 Å². The Kier molecular flexibility index (Phi) is 49.3. The van der Waals surface area contributed by atoms with Crippen LogP contribution in [0.2, 0.25) is 0 Å². The molecule has 3 N–H and O–H groups in total. The zero-order chi connectivity index (χ0) is 43.5. The first-order chi connectivity index (χ1) is 29.7. The van der Waals surface area contributed by atoms with E-state index < -0.39 is 12.1 Å². The van der Waals surface area contributed by atoms with E-state index in [0.29, 0.717) is 6.42 Å². The monoisotopic (exact) mass is 836 g/mol. The highest BCUT2D eigenvalue weighted by molar-refractivity contribution is 5.76. The number of carbonyl (C=O) groups excluding carboxylic acids is 1. The Balaban J connectivity index is 3.61. The lowest BCUT2D eigenvalue weighted by Crippen LogP contribution is -2.45. The van der Waals surface area contributed by atoms with Gasteiger partial charge in [0, 0.05) is 6.42 Å². The molecule has 0 aliphatic heterocycles. The van der Waals surface area contributed by atoms with Gasteiger partial charge in [0.1, 0.15) is 0 Å². The topological polar surface area (TPSA) is 69.6 Å². The van der Waals surface area contributed by atoms with E-state index >= 15 is 0 Å². The van der Waals surface area contributed by atoms with Crippen molar-refractivity contribution in [3.8, 4) is 0 Å². The van der Waals surface area contributed by atoms with Crippen molar-refractivity contribution in [2.75, 3.05) is 6.61 Å². The molecule has 2 atom stereocenters. The SMILES string of the molecule is CCCCC/C=C\C/C=C\C/C=C\CCCCCCCCC(=O)NC(CO)C(O)/C=C/CC/C=C/CC/C=C/CCCCCCCCCCCCCCCCCCCCC. The minimum absolute atomic E-state index is 0.0914. The van der Waals surface area contributed by atoms with Crippen molar-refractivity contribution >= 4 is 5.91 Å². The average Bonchev–Trinajstić information content (AvgIpc) is 3.25. The second-order valence-electron chi connectivity index (χ2n) is 17.6. The van der Waals surface area contributed by atoms with Gasteiger partial charge in [-0.1, -0.05) is 241 Å². The largest absolute Gasteiger partial charge is 0.394 e. The number of rotatable bonds is 47. The molecule has 0 radical (unpaired) electrons. The zero-order valence-electron chi connectivity index (χ0n) is 40.0. The normalized spacial score (nSPS) is 13.5. The summed E-state index contributed by atoms with van der Waals surface area (Å²) in [6, 6.07) is -0.657. The van der Waals surface area contributed by atoms with Crippen LogP contribution in [0.15, 0.2) is 72.9 Å². The zero-order valence-corrected chi connectivity index (χ0v) is 40.0. The maximum Gasteiger partial charge on any atom is 0.220 e. The predicted octanol–water partition coefficient (Wildman–Crippen LogP) is 17.0. The first-order valence-corrected chi connectivity index (χ1v) is 26.2.